The fourth-order valence-corrected chi connectivity index (χ4v) is 3.49. The predicted octanol–water partition coefficient (Wildman–Crippen LogP) is 2.96. The van der Waals surface area contributed by atoms with Crippen LogP contribution in [0.15, 0.2) is 23.6 Å². The van der Waals surface area contributed by atoms with Gasteiger partial charge >= 0.3 is 0 Å². The first kappa shape index (κ1) is 11.2. The van der Waals surface area contributed by atoms with Crippen molar-refractivity contribution >= 4 is 21.4 Å². The molecule has 0 amide bonds. The van der Waals surface area contributed by atoms with Gasteiger partial charge in [-0.3, -0.25) is 4.90 Å². The smallest absolute Gasteiger partial charge is 0.0346 e. The van der Waals surface area contributed by atoms with E-state index >= 15 is 0 Å². The highest BCUT2D eigenvalue weighted by Crippen LogP contribution is 2.28. The Hall–Kier alpha value is -0.900. The highest BCUT2D eigenvalue weighted by Gasteiger charge is 2.14. The van der Waals surface area contributed by atoms with E-state index in [1.807, 2.05) is 11.3 Å². The van der Waals surface area contributed by atoms with Gasteiger partial charge in [-0.05, 0) is 60.0 Å². The summed E-state index contributed by atoms with van der Waals surface area (Å²) in [5, 5.41) is 3.72. The molecule has 0 atom stereocenters. The van der Waals surface area contributed by atoms with Crippen LogP contribution in [0.25, 0.3) is 10.1 Å². The van der Waals surface area contributed by atoms with E-state index in [0.29, 0.717) is 6.54 Å². The molecule has 0 radical (unpaired) electrons. The SMILES string of the molecule is NCc1ccc2scc(CN3CCCC3)c2c1. The molecule has 1 fully saturated rings. The summed E-state index contributed by atoms with van der Waals surface area (Å²) in [6.45, 7) is 4.25. The molecule has 0 bridgehead atoms. The average molecular weight is 246 g/mol. The van der Waals surface area contributed by atoms with Crippen molar-refractivity contribution < 1.29 is 0 Å². The molecule has 17 heavy (non-hydrogen) atoms. The van der Waals surface area contributed by atoms with Crippen molar-refractivity contribution in [1.82, 2.24) is 4.90 Å². The number of thiophene rings is 1. The Morgan fingerprint density at radius 2 is 2.06 bits per heavy atom. The van der Waals surface area contributed by atoms with E-state index < -0.39 is 0 Å². The van der Waals surface area contributed by atoms with Gasteiger partial charge in [0.05, 0.1) is 0 Å². The maximum absolute atomic E-state index is 5.72. The second-order valence-electron chi connectivity index (χ2n) is 4.78. The molecule has 1 aliphatic rings. The van der Waals surface area contributed by atoms with Gasteiger partial charge in [0.25, 0.3) is 0 Å². The van der Waals surface area contributed by atoms with Crippen LogP contribution in [0.2, 0.25) is 0 Å². The van der Waals surface area contributed by atoms with Crippen LogP contribution in [-0.4, -0.2) is 18.0 Å². The lowest BCUT2D eigenvalue weighted by Crippen LogP contribution is -2.17. The Bertz CT molecular complexity index is 512. The van der Waals surface area contributed by atoms with E-state index in [1.165, 1.54) is 47.1 Å². The topological polar surface area (TPSA) is 29.3 Å². The fourth-order valence-electron chi connectivity index (χ4n) is 2.56. The lowest BCUT2D eigenvalue weighted by atomic mass is 10.1. The zero-order valence-electron chi connectivity index (χ0n) is 9.98. The molecule has 1 aromatic carbocycles. The van der Waals surface area contributed by atoms with Gasteiger partial charge < -0.3 is 5.73 Å². The van der Waals surface area contributed by atoms with Gasteiger partial charge in [0, 0.05) is 17.8 Å². The molecule has 0 saturated carbocycles. The van der Waals surface area contributed by atoms with E-state index in [-0.39, 0.29) is 0 Å². The Kier molecular flexibility index (Phi) is 3.14. The van der Waals surface area contributed by atoms with E-state index in [4.69, 9.17) is 5.73 Å². The lowest BCUT2D eigenvalue weighted by molar-refractivity contribution is 0.333. The van der Waals surface area contributed by atoms with Crippen LogP contribution in [0.1, 0.15) is 24.0 Å². The highest BCUT2D eigenvalue weighted by molar-refractivity contribution is 7.17. The highest BCUT2D eigenvalue weighted by atomic mass is 32.1. The molecule has 2 nitrogen and oxygen atoms in total. The minimum Gasteiger partial charge on any atom is -0.326 e. The number of nitrogens with zero attached hydrogens (tertiary/aromatic N) is 1. The third kappa shape index (κ3) is 2.23. The average Bonchev–Trinajstić information content (AvgIpc) is 2.99. The van der Waals surface area contributed by atoms with Crippen LogP contribution >= 0.6 is 11.3 Å². The normalized spacial score (nSPS) is 17.0. The Morgan fingerprint density at radius 1 is 1.24 bits per heavy atom. The molecule has 0 spiro atoms. The summed E-state index contributed by atoms with van der Waals surface area (Å²) in [6, 6.07) is 6.60. The molecule has 2 heterocycles. The van der Waals surface area contributed by atoms with E-state index in [9.17, 15) is 0 Å². The van der Waals surface area contributed by atoms with Crippen LogP contribution in [0, 0.1) is 0 Å². The summed E-state index contributed by atoms with van der Waals surface area (Å²) < 4.78 is 1.39. The second-order valence-corrected chi connectivity index (χ2v) is 5.69. The summed E-state index contributed by atoms with van der Waals surface area (Å²) in [7, 11) is 0. The van der Waals surface area contributed by atoms with Crippen molar-refractivity contribution in [3.8, 4) is 0 Å². The van der Waals surface area contributed by atoms with E-state index in [2.05, 4.69) is 28.5 Å². The second kappa shape index (κ2) is 4.77. The van der Waals surface area contributed by atoms with Gasteiger partial charge in [0.1, 0.15) is 0 Å². The largest absolute Gasteiger partial charge is 0.326 e. The van der Waals surface area contributed by atoms with E-state index in [1.54, 1.807) is 0 Å². The van der Waals surface area contributed by atoms with Crippen molar-refractivity contribution in [3.05, 3.63) is 34.7 Å². The molecule has 1 aromatic heterocycles. The zero-order chi connectivity index (χ0) is 11.7. The molecule has 90 valence electrons. The molecule has 3 rings (SSSR count). The van der Waals surface area contributed by atoms with Crippen LogP contribution in [0.4, 0.5) is 0 Å². The number of nitrogens with two attached hydrogens (primary N) is 1. The van der Waals surface area contributed by atoms with Crippen LogP contribution in [0.5, 0.6) is 0 Å². The van der Waals surface area contributed by atoms with Crippen LogP contribution < -0.4 is 5.73 Å². The van der Waals surface area contributed by atoms with Gasteiger partial charge in [-0.2, -0.15) is 0 Å². The minimum atomic E-state index is 0.634. The molecular weight excluding hydrogens is 228 g/mol. The number of benzene rings is 1. The Morgan fingerprint density at radius 3 is 2.82 bits per heavy atom. The van der Waals surface area contributed by atoms with Gasteiger partial charge in [-0.1, -0.05) is 6.07 Å². The summed E-state index contributed by atoms with van der Waals surface area (Å²) in [5.41, 5.74) is 8.43. The lowest BCUT2D eigenvalue weighted by Gasteiger charge is -2.13. The van der Waals surface area contributed by atoms with Gasteiger partial charge in [0.2, 0.25) is 0 Å². The zero-order valence-corrected chi connectivity index (χ0v) is 10.8. The first-order chi connectivity index (χ1) is 8.36. The standard InChI is InChI=1S/C14H18N2S/c15-8-11-3-4-14-13(7-11)12(10-17-14)9-16-5-1-2-6-16/h3-4,7,10H,1-2,5-6,8-9,15H2. The number of likely N-dealkylation sites (tertiary alicyclic amines) is 1. The van der Waals surface area contributed by atoms with Crippen LogP contribution in [0.3, 0.4) is 0 Å². The number of fused-ring (bicyclic) bond motifs is 1. The van der Waals surface area contributed by atoms with Gasteiger partial charge in [-0.15, -0.1) is 11.3 Å². The third-order valence-corrected chi connectivity index (χ3v) is 4.56. The molecule has 3 heteroatoms. The summed E-state index contributed by atoms with van der Waals surface area (Å²) in [4.78, 5) is 2.55. The van der Waals surface area contributed by atoms with Crippen molar-refractivity contribution in [3.63, 3.8) is 0 Å². The third-order valence-electron chi connectivity index (χ3n) is 3.55. The summed E-state index contributed by atoms with van der Waals surface area (Å²) in [5.74, 6) is 0. The molecule has 0 unspecified atom stereocenters. The fraction of sp³-hybridized carbons (Fsp3) is 0.429. The first-order valence-corrected chi connectivity index (χ1v) is 7.16. The predicted molar refractivity (Wildman–Crippen MR) is 74.2 cm³/mol. The van der Waals surface area contributed by atoms with Crippen LogP contribution in [-0.2, 0) is 13.1 Å². The number of rotatable bonds is 3. The molecule has 0 aliphatic carbocycles. The Labute approximate surface area is 106 Å². The summed E-state index contributed by atoms with van der Waals surface area (Å²) in [6.07, 6.45) is 2.71. The molecular formula is C14H18N2S. The minimum absolute atomic E-state index is 0.634. The van der Waals surface area contributed by atoms with Gasteiger partial charge in [-0.25, -0.2) is 0 Å². The molecule has 1 saturated heterocycles. The monoisotopic (exact) mass is 246 g/mol. The van der Waals surface area contributed by atoms with Gasteiger partial charge in [0.15, 0.2) is 0 Å². The van der Waals surface area contributed by atoms with Crippen molar-refractivity contribution in [2.45, 2.75) is 25.9 Å². The van der Waals surface area contributed by atoms with Crippen molar-refractivity contribution in [1.29, 1.82) is 0 Å². The van der Waals surface area contributed by atoms with E-state index in [0.717, 1.165) is 6.54 Å². The maximum Gasteiger partial charge on any atom is 0.0346 e. The van der Waals surface area contributed by atoms with Crippen molar-refractivity contribution in [2.24, 2.45) is 5.73 Å². The maximum atomic E-state index is 5.72. The molecule has 2 N–H and O–H groups in total. The van der Waals surface area contributed by atoms with Crippen molar-refractivity contribution in [2.75, 3.05) is 13.1 Å². The summed E-state index contributed by atoms with van der Waals surface area (Å²) >= 11 is 1.85. The first-order valence-electron chi connectivity index (χ1n) is 6.28. The number of hydrogen-bond donors (Lipinski definition) is 1. The quantitative estimate of drug-likeness (QED) is 0.902. The molecule has 2 aromatic rings. The number of hydrogen-bond acceptors (Lipinski definition) is 3. The molecule has 1 aliphatic heterocycles. The Balaban J connectivity index is 1.92.